The Bertz CT molecular complexity index is 3980. The number of benzene rings is 4. The Kier molecular flexibility index (Phi) is 113. The van der Waals surface area contributed by atoms with Crippen LogP contribution in [0.15, 0.2) is 365 Å². The first kappa shape index (κ1) is 146. The summed E-state index contributed by atoms with van der Waals surface area (Å²) in [5.41, 5.74) is 22.6. The summed E-state index contributed by atoms with van der Waals surface area (Å²) in [5.74, 6) is 0. The molecule has 0 amide bonds. The molecular weight excluding hydrogens is 1750 g/mol. The third-order valence-corrected chi connectivity index (χ3v) is 15.1. The summed E-state index contributed by atoms with van der Waals surface area (Å²) >= 11 is 0. The maximum atomic E-state index is 4.77. The fourth-order valence-corrected chi connectivity index (χ4v) is 10.5. The molecule has 0 aliphatic heterocycles. The third kappa shape index (κ3) is 65.7. The molecule has 16 rings (SSSR count). The highest BCUT2D eigenvalue weighted by Gasteiger charge is 2.15. The molecule has 12 aromatic heterocycles. The van der Waals surface area contributed by atoms with Gasteiger partial charge in [0.15, 0.2) is 0 Å². The molecule has 0 saturated carbocycles. The number of pyridine rings is 12. The summed E-state index contributed by atoms with van der Waals surface area (Å²) in [6, 6.07) is 105. The second-order valence-electron chi connectivity index (χ2n) is 27.3. The predicted octanol–water partition coefficient (Wildman–Crippen LogP) is 43.1. The lowest BCUT2D eigenvalue weighted by atomic mass is 10.0. The fourth-order valence-electron chi connectivity index (χ4n) is 10.5. The van der Waals surface area contributed by atoms with Gasteiger partial charge < -0.3 is 0 Å². The van der Waals surface area contributed by atoms with Gasteiger partial charge in [-0.2, -0.15) is 0 Å². The smallest absolute Gasteiger partial charge is 0.0900 e. The van der Waals surface area contributed by atoms with Crippen LogP contribution in [0.4, 0.5) is 0 Å². The second-order valence-corrected chi connectivity index (χ2v) is 27.3. The van der Waals surface area contributed by atoms with E-state index in [1.807, 2.05) is 385 Å². The maximum absolute atomic E-state index is 4.77. The van der Waals surface area contributed by atoms with Crippen LogP contribution in [0.1, 0.15) is 328 Å². The van der Waals surface area contributed by atoms with E-state index < -0.39 is 0 Å². The van der Waals surface area contributed by atoms with Crippen LogP contribution in [-0.4, -0.2) is 59.8 Å². The zero-order valence-corrected chi connectivity index (χ0v) is 97.7. The molecule has 0 radical (unpaired) electrons. The van der Waals surface area contributed by atoms with Crippen LogP contribution in [0.3, 0.4) is 0 Å². The van der Waals surface area contributed by atoms with Crippen molar-refractivity contribution in [2.45, 2.75) is 328 Å². The first-order valence-corrected chi connectivity index (χ1v) is 54.5. The molecule has 0 unspecified atom stereocenters. The van der Waals surface area contributed by atoms with E-state index in [4.69, 9.17) is 19.9 Å². The molecule has 0 spiro atoms. The van der Waals surface area contributed by atoms with Crippen molar-refractivity contribution in [3.05, 3.63) is 365 Å². The van der Waals surface area contributed by atoms with E-state index in [0.29, 0.717) is 0 Å². The molecule has 0 fully saturated rings. The van der Waals surface area contributed by atoms with Gasteiger partial charge >= 0.3 is 0 Å². The number of hydrogen-bond donors (Lipinski definition) is 0. The van der Waals surface area contributed by atoms with Crippen LogP contribution in [0.2, 0.25) is 0 Å². The van der Waals surface area contributed by atoms with Crippen LogP contribution < -0.4 is 0 Å². The lowest BCUT2D eigenvalue weighted by Gasteiger charge is -2.09. The van der Waals surface area contributed by atoms with Crippen molar-refractivity contribution < 1.29 is 0 Å². The van der Waals surface area contributed by atoms with E-state index in [1.54, 1.807) is 49.6 Å². The van der Waals surface area contributed by atoms with E-state index in [0.717, 1.165) is 136 Å². The molecule has 0 aliphatic rings. The number of hydrogen-bond acceptors (Lipinski definition) is 12. The Balaban J connectivity index is -0.000000249. The minimum Gasteiger partial charge on any atom is -0.255 e. The highest BCUT2D eigenvalue weighted by molar-refractivity contribution is 5.79. The van der Waals surface area contributed by atoms with Crippen molar-refractivity contribution in [1.29, 1.82) is 0 Å². The Hall–Kier alpha value is -13.3. The summed E-state index contributed by atoms with van der Waals surface area (Å²) in [7, 11) is 0. The molecule has 12 heterocycles. The molecule has 16 aromatic rings. The molecular formula is C132H196N12. The van der Waals surface area contributed by atoms with Crippen molar-refractivity contribution >= 4 is 0 Å². The van der Waals surface area contributed by atoms with Crippen molar-refractivity contribution in [2.24, 2.45) is 0 Å². The summed E-state index contributed by atoms with van der Waals surface area (Å²) in [4.78, 5) is 54.6. The minimum absolute atomic E-state index is 0.845. The van der Waals surface area contributed by atoms with Crippen molar-refractivity contribution in [3.8, 4) is 136 Å². The van der Waals surface area contributed by atoms with Gasteiger partial charge in [0.1, 0.15) is 0 Å². The monoisotopic (exact) mass is 1950 g/mol. The molecule has 144 heavy (non-hydrogen) atoms. The largest absolute Gasteiger partial charge is 0.255 e. The number of nitrogens with zero attached hydrogens (tertiary/aromatic N) is 12. The van der Waals surface area contributed by atoms with E-state index in [1.165, 1.54) is 51.4 Å². The average Bonchev–Trinajstić information content (AvgIpc) is 0.821. The summed E-state index contributed by atoms with van der Waals surface area (Å²) in [6.45, 7) is 82.0. The number of aromatic nitrogens is 12. The lowest BCUT2D eigenvalue weighted by Crippen LogP contribution is -1.93. The first-order valence-electron chi connectivity index (χ1n) is 54.5. The fraction of sp³-hybridized carbons (Fsp3) is 0.364. The Morgan fingerprint density at radius 3 is 0.285 bits per heavy atom. The standard InChI is InChI=1S/4C21H15N3.8C3H8.12C2H6/c4*1-2-8-16(9-3-1)17-14-20(18-10-4-6-12-22-18)24-21(15-17)19-11-5-7-13-23-19;8*1-3-2;12*1-2/h4*1-15H;8*3H2,1-2H3;12*1-2H3. The van der Waals surface area contributed by atoms with Gasteiger partial charge in [0.25, 0.3) is 0 Å². The SMILES string of the molecule is CC.CC.CC.CC.CC.CC.CC.CC.CC.CC.CC.CC.CCC.CCC.CCC.CCC.CCC.CCC.CCC.CCC.c1ccc(-c2cc(-c3ccccn3)nc(-c3ccccn3)c2)cc1.c1ccc(-c2cc(-c3ccccn3)nc(-c3ccccn3)c2)cc1.c1ccc(-c2cc(-c3ccccn3)nc(-c3ccccn3)c2)cc1.c1ccc(-c2cc(-c3ccccn3)nc(-c3ccccn3)c2)cc1. The molecule has 0 N–H and O–H groups in total. The van der Waals surface area contributed by atoms with Gasteiger partial charge in [-0.05, 0) is 190 Å². The molecule has 4 aromatic carbocycles. The Labute approximate surface area is 883 Å². The third-order valence-electron chi connectivity index (χ3n) is 15.1. The molecule has 0 saturated heterocycles. The predicted molar refractivity (Wildman–Crippen MR) is 648 cm³/mol. The lowest BCUT2D eigenvalue weighted by molar-refractivity contribution is 1.09. The van der Waals surface area contributed by atoms with Crippen LogP contribution in [0, 0.1) is 0 Å². The first-order chi connectivity index (χ1) is 70.9. The van der Waals surface area contributed by atoms with Gasteiger partial charge in [0.2, 0.25) is 0 Å². The van der Waals surface area contributed by atoms with Crippen LogP contribution in [0.5, 0.6) is 0 Å². The Morgan fingerprint density at radius 1 is 0.111 bits per heavy atom. The second kappa shape index (κ2) is 112. The quantitative estimate of drug-likeness (QED) is 0.114. The van der Waals surface area contributed by atoms with Crippen LogP contribution in [-0.2, 0) is 0 Å². The van der Waals surface area contributed by atoms with Crippen molar-refractivity contribution in [3.63, 3.8) is 0 Å². The van der Waals surface area contributed by atoms with Gasteiger partial charge in [-0.3, -0.25) is 39.9 Å². The van der Waals surface area contributed by atoms with Gasteiger partial charge in [0, 0.05) is 49.6 Å². The molecule has 784 valence electrons. The summed E-state index contributed by atoms with van der Waals surface area (Å²) < 4.78 is 0. The topological polar surface area (TPSA) is 155 Å². The molecule has 0 atom stereocenters. The normalized spacial score (nSPS) is 8.50. The van der Waals surface area contributed by atoms with E-state index in [-0.39, 0.29) is 0 Å². The van der Waals surface area contributed by atoms with Crippen LogP contribution in [0.25, 0.3) is 136 Å². The van der Waals surface area contributed by atoms with E-state index in [9.17, 15) is 0 Å². The van der Waals surface area contributed by atoms with E-state index in [2.05, 4.69) is 248 Å². The maximum Gasteiger partial charge on any atom is 0.0900 e. The zero-order chi connectivity index (χ0) is 110. The van der Waals surface area contributed by atoms with Crippen molar-refractivity contribution in [2.75, 3.05) is 0 Å². The van der Waals surface area contributed by atoms with Crippen LogP contribution >= 0.6 is 0 Å². The van der Waals surface area contributed by atoms with Gasteiger partial charge in [-0.1, -0.05) is 498 Å². The molecule has 0 aliphatic carbocycles. The van der Waals surface area contributed by atoms with Crippen molar-refractivity contribution in [1.82, 2.24) is 59.8 Å². The molecule has 0 bridgehead atoms. The Morgan fingerprint density at radius 2 is 0.201 bits per heavy atom. The van der Waals surface area contributed by atoms with Gasteiger partial charge in [0.05, 0.1) is 91.1 Å². The van der Waals surface area contributed by atoms with Gasteiger partial charge in [-0.15, -0.1) is 0 Å². The average molecular weight is 1950 g/mol. The minimum atomic E-state index is 0.845. The summed E-state index contributed by atoms with van der Waals surface area (Å²) in [6.07, 6.45) is 24.3. The highest BCUT2D eigenvalue weighted by atomic mass is 14.8. The molecule has 12 heteroatoms. The summed E-state index contributed by atoms with van der Waals surface area (Å²) in [5, 5.41) is 0. The number of rotatable bonds is 12. The van der Waals surface area contributed by atoms with E-state index >= 15 is 0 Å². The van der Waals surface area contributed by atoms with Gasteiger partial charge in [-0.25, -0.2) is 19.9 Å². The molecule has 12 nitrogen and oxygen atoms in total. The zero-order valence-electron chi connectivity index (χ0n) is 97.7. The highest BCUT2D eigenvalue weighted by Crippen LogP contribution is 2.34.